The van der Waals surface area contributed by atoms with Gasteiger partial charge in [0.05, 0.1) is 0 Å². The maximum atomic E-state index is 10.4. The Bertz CT molecular complexity index is 136. The first kappa shape index (κ1) is 7.38. The SMILES string of the molecule is C[C@@H]1CCCN(C(=O)O)C1. The Hall–Kier alpha value is -0.730. The molecule has 0 aromatic rings. The summed E-state index contributed by atoms with van der Waals surface area (Å²) in [4.78, 5) is 11.9. The first-order valence-corrected chi connectivity index (χ1v) is 3.68. The number of carboxylic acid groups (broad SMARTS) is 1. The molecular formula is C7H13NO2. The zero-order valence-corrected chi connectivity index (χ0v) is 6.21. The van der Waals surface area contributed by atoms with Crippen LogP contribution in [0, 0.1) is 5.92 Å². The van der Waals surface area contributed by atoms with Crippen LogP contribution in [0.15, 0.2) is 0 Å². The van der Waals surface area contributed by atoms with Crippen molar-refractivity contribution in [1.82, 2.24) is 4.90 Å². The topological polar surface area (TPSA) is 40.5 Å². The summed E-state index contributed by atoms with van der Waals surface area (Å²) in [5.41, 5.74) is 0. The molecule has 0 aliphatic carbocycles. The van der Waals surface area contributed by atoms with Crippen LogP contribution in [-0.4, -0.2) is 29.2 Å². The number of piperidine rings is 1. The van der Waals surface area contributed by atoms with Crippen molar-refractivity contribution in [1.29, 1.82) is 0 Å². The average Bonchev–Trinajstić information content (AvgIpc) is 1.88. The van der Waals surface area contributed by atoms with Crippen molar-refractivity contribution >= 4 is 6.09 Å². The van der Waals surface area contributed by atoms with Gasteiger partial charge < -0.3 is 10.0 Å². The lowest BCUT2D eigenvalue weighted by Crippen LogP contribution is -2.37. The molecule has 1 fully saturated rings. The van der Waals surface area contributed by atoms with E-state index in [1.807, 2.05) is 0 Å². The summed E-state index contributed by atoms with van der Waals surface area (Å²) in [6.45, 7) is 3.53. The van der Waals surface area contributed by atoms with Gasteiger partial charge in [0, 0.05) is 13.1 Å². The zero-order chi connectivity index (χ0) is 7.56. The van der Waals surface area contributed by atoms with E-state index in [1.54, 1.807) is 0 Å². The van der Waals surface area contributed by atoms with Crippen molar-refractivity contribution in [2.24, 2.45) is 5.92 Å². The van der Waals surface area contributed by atoms with Crippen LogP contribution in [0.1, 0.15) is 19.8 Å². The molecule has 1 atom stereocenters. The molecule has 1 rings (SSSR count). The van der Waals surface area contributed by atoms with Gasteiger partial charge in [0.2, 0.25) is 0 Å². The van der Waals surface area contributed by atoms with Crippen LogP contribution in [-0.2, 0) is 0 Å². The molecule has 0 spiro atoms. The van der Waals surface area contributed by atoms with E-state index in [0.717, 1.165) is 19.5 Å². The van der Waals surface area contributed by atoms with Crippen LogP contribution in [0.3, 0.4) is 0 Å². The summed E-state index contributed by atoms with van der Waals surface area (Å²) in [7, 11) is 0. The van der Waals surface area contributed by atoms with Gasteiger partial charge >= 0.3 is 6.09 Å². The number of hydrogen-bond donors (Lipinski definition) is 1. The van der Waals surface area contributed by atoms with Gasteiger partial charge in [-0.15, -0.1) is 0 Å². The number of likely N-dealkylation sites (tertiary alicyclic amines) is 1. The number of hydrogen-bond acceptors (Lipinski definition) is 1. The Balaban J connectivity index is 2.39. The van der Waals surface area contributed by atoms with Gasteiger partial charge in [0.15, 0.2) is 0 Å². The predicted molar refractivity (Wildman–Crippen MR) is 38.0 cm³/mol. The summed E-state index contributed by atoms with van der Waals surface area (Å²) in [6.07, 6.45) is 1.42. The lowest BCUT2D eigenvalue weighted by molar-refractivity contribution is 0.123. The maximum Gasteiger partial charge on any atom is 0.407 e. The van der Waals surface area contributed by atoms with E-state index in [4.69, 9.17) is 5.11 Å². The third-order valence-electron chi connectivity index (χ3n) is 1.93. The lowest BCUT2D eigenvalue weighted by Gasteiger charge is -2.28. The Morgan fingerprint density at radius 3 is 2.80 bits per heavy atom. The van der Waals surface area contributed by atoms with Crippen molar-refractivity contribution in [3.8, 4) is 0 Å². The molecule has 3 nitrogen and oxygen atoms in total. The molecule has 0 aromatic carbocycles. The van der Waals surface area contributed by atoms with Crippen LogP contribution in [0.4, 0.5) is 4.79 Å². The highest BCUT2D eigenvalue weighted by molar-refractivity contribution is 5.64. The minimum Gasteiger partial charge on any atom is -0.465 e. The van der Waals surface area contributed by atoms with Gasteiger partial charge in [-0.1, -0.05) is 6.92 Å². The van der Waals surface area contributed by atoms with Crippen molar-refractivity contribution in [3.63, 3.8) is 0 Å². The van der Waals surface area contributed by atoms with E-state index in [9.17, 15) is 4.79 Å². The number of carbonyl (C=O) groups is 1. The Morgan fingerprint density at radius 1 is 1.70 bits per heavy atom. The molecule has 0 bridgehead atoms. The normalized spacial score (nSPS) is 26.5. The van der Waals surface area contributed by atoms with E-state index in [2.05, 4.69) is 6.92 Å². The summed E-state index contributed by atoms with van der Waals surface area (Å²) in [5, 5.41) is 8.58. The smallest absolute Gasteiger partial charge is 0.407 e. The Labute approximate surface area is 60.6 Å². The number of amides is 1. The van der Waals surface area contributed by atoms with Crippen LogP contribution >= 0.6 is 0 Å². The second kappa shape index (κ2) is 2.90. The monoisotopic (exact) mass is 143 g/mol. The summed E-state index contributed by atoms with van der Waals surface area (Å²) >= 11 is 0. The van der Waals surface area contributed by atoms with E-state index in [0.29, 0.717) is 5.92 Å². The van der Waals surface area contributed by atoms with Crippen molar-refractivity contribution in [2.75, 3.05) is 13.1 Å². The minimum absolute atomic E-state index is 0.546. The molecule has 1 saturated heterocycles. The molecule has 0 unspecified atom stereocenters. The fourth-order valence-electron chi connectivity index (χ4n) is 1.36. The predicted octanol–water partition coefficient (Wildman–Crippen LogP) is 1.40. The average molecular weight is 143 g/mol. The molecule has 1 amide bonds. The third-order valence-corrected chi connectivity index (χ3v) is 1.93. The summed E-state index contributed by atoms with van der Waals surface area (Å²) < 4.78 is 0. The van der Waals surface area contributed by atoms with Crippen molar-refractivity contribution in [2.45, 2.75) is 19.8 Å². The molecule has 1 heterocycles. The second-order valence-electron chi connectivity index (χ2n) is 2.98. The van der Waals surface area contributed by atoms with E-state index in [1.165, 1.54) is 11.3 Å². The highest BCUT2D eigenvalue weighted by Crippen LogP contribution is 2.14. The fraction of sp³-hybridized carbons (Fsp3) is 0.857. The van der Waals surface area contributed by atoms with Gasteiger partial charge in [0.1, 0.15) is 0 Å². The molecule has 0 saturated carbocycles. The van der Waals surface area contributed by atoms with E-state index >= 15 is 0 Å². The second-order valence-corrected chi connectivity index (χ2v) is 2.98. The highest BCUT2D eigenvalue weighted by Gasteiger charge is 2.19. The molecule has 1 aliphatic heterocycles. The fourth-order valence-corrected chi connectivity index (χ4v) is 1.36. The molecular weight excluding hydrogens is 130 g/mol. The van der Waals surface area contributed by atoms with Crippen LogP contribution in [0.25, 0.3) is 0 Å². The maximum absolute atomic E-state index is 10.4. The van der Waals surface area contributed by atoms with Crippen molar-refractivity contribution in [3.05, 3.63) is 0 Å². The van der Waals surface area contributed by atoms with Crippen LogP contribution < -0.4 is 0 Å². The first-order valence-electron chi connectivity index (χ1n) is 3.68. The first-order chi connectivity index (χ1) is 4.70. The molecule has 1 aliphatic rings. The Morgan fingerprint density at radius 2 is 2.40 bits per heavy atom. The molecule has 0 aromatic heterocycles. The quantitative estimate of drug-likeness (QED) is 0.556. The van der Waals surface area contributed by atoms with Gasteiger partial charge in [-0.3, -0.25) is 0 Å². The minimum atomic E-state index is -0.772. The van der Waals surface area contributed by atoms with Gasteiger partial charge in [-0.2, -0.15) is 0 Å². The van der Waals surface area contributed by atoms with Gasteiger partial charge in [-0.25, -0.2) is 4.79 Å². The molecule has 3 heteroatoms. The van der Waals surface area contributed by atoms with Crippen LogP contribution in [0.2, 0.25) is 0 Å². The van der Waals surface area contributed by atoms with Crippen molar-refractivity contribution < 1.29 is 9.90 Å². The Kier molecular flexibility index (Phi) is 2.14. The molecule has 10 heavy (non-hydrogen) atoms. The number of nitrogens with zero attached hydrogens (tertiary/aromatic N) is 1. The largest absolute Gasteiger partial charge is 0.465 e. The highest BCUT2D eigenvalue weighted by atomic mass is 16.4. The molecule has 0 radical (unpaired) electrons. The lowest BCUT2D eigenvalue weighted by atomic mass is 10.0. The molecule has 58 valence electrons. The van der Waals surface area contributed by atoms with E-state index < -0.39 is 6.09 Å². The third kappa shape index (κ3) is 1.62. The van der Waals surface area contributed by atoms with E-state index in [-0.39, 0.29) is 0 Å². The summed E-state index contributed by atoms with van der Waals surface area (Å²) in [6, 6.07) is 0. The summed E-state index contributed by atoms with van der Waals surface area (Å²) in [5.74, 6) is 0.546. The van der Waals surface area contributed by atoms with Gasteiger partial charge in [-0.05, 0) is 18.8 Å². The number of rotatable bonds is 0. The van der Waals surface area contributed by atoms with Gasteiger partial charge in [0.25, 0.3) is 0 Å². The zero-order valence-electron chi connectivity index (χ0n) is 6.21. The standard InChI is InChI=1S/C7H13NO2/c1-6-3-2-4-8(5-6)7(9)10/h6H,2-5H2,1H3,(H,9,10)/t6-/m1/s1. The molecule has 1 N–H and O–H groups in total. The van der Waals surface area contributed by atoms with Crippen LogP contribution in [0.5, 0.6) is 0 Å².